The Balaban J connectivity index is 1.73. The summed E-state index contributed by atoms with van der Waals surface area (Å²) in [6, 6.07) is 6.20. The minimum Gasteiger partial charge on any atom is -0.494 e. The van der Waals surface area contributed by atoms with Crippen LogP contribution in [0.25, 0.3) is 10.2 Å². The molecule has 0 radical (unpaired) electrons. The third kappa shape index (κ3) is 2.85. The van der Waals surface area contributed by atoms with Crippen molar-refractivity contribution in [2.24, 2.45) is 0 Å². The fourth-order valence-electron chi connectivity index (χ4n) is 2.25. The fourth-order valence-corrected chi connectivity index (χ4v) is 3.22. The monoisotopic (exact) mass is 291 g/mol. The third-order valence-corrected chi connectivity index (χ3v) is 4.21. The van der Waals surface area contributed by atoms with Gasteiger partial charge in [0.25, 0.3) is 0 Å². The Hall–Kier alpha value is -1.82. The number of nitrogens with zero attached hydrogens (tertiary/aromatic N) is 1. The molecule has 6 heteroatoms. The Labute approximate surface area is 121 Å². The molecule has 1 fully saturated rings. The maximum Gasteiger partial charge on any atom is 0.220 e. The second-order valence-electron chi connectivity index (χ2n) is 4.77. The minimum absolute atomic E-state index is 0.133. The molecule has 1 aromatic carbocycles. The standard InChI is InChI=1S/C14H17N3O2S/c1-2-19-10-4-5-11-12(7-10)20-14(17-11)16-9-3-6-13(18)15-8-9/h4-5,7,9H,2-3,6,8H2,1H3,(H,15,18)(H,16,17). The summed E-state index contributed by atoms with van der Waals surface area (Å²) in [4.78, 5) is 15.7. The number of benzene rings is 1. The van der Waals surface area contributed by atoms with E-state index >= 15 is 0 Å². The molecule has 1 amide bonds. The molecule has 5 nitrogen and oxygen atoms in total. The Morgan fingerprint density at radius 2 is 2.45 bits per heavy atom. The van der Waals surface area contributed by atoms with Crippen molar-refractivity contribution in [3.8, 4) is 5.75 Å². The summed E-state index contributed by atoms with van der Waals surface area (Å²) in [6.07, 6.45) is 1.43. The summed E-state index contributed by atoms with van der Waals surface area (Å²) in [5.74, 6) is 1.01. The first-order chi connectivity index (χ1) is 9.74. The molecular weight excluding hydrogens is 274 g/mol. The van der Waals surface area contributed by atoms with Gasteiger partial charge < -0.3 is 15.4 Å². The number of hydrogen-bond donors (Lipinski definition) is 2. The number of hydrogen-bond acceptors (Lipinski definition) is 5. The summed E-state index contributed by atoms with van der Waals surface area (Å²) in [5.41, 5.74) is 0.973. The van der Waals surface area contributed by atoms with Gasteiger partial charge in [-0.25, -0.2) is 4.98 Å². The Bertz CT molecular complexity index is 616. The van der Waals surface area contributed by atoms with E-state index in [-0.39, 0.29) is 11.9 Å². The van der Waals surface area contributed by atoms with Crippen molar-refractivity contribution in [1.82, 2.24) is 10.3 Å². The molecular formula is C14H17N3O2S. The number of amides is 1. The zero-order chi connectivity index (χ0) is 13.9. The van der Waals surface area contributed by atoms with E-state index < -0.39 is 0 Å². The number of nitrogens with one attached hydrogen (secondary N) is 2. The number of anilines is 1. The molecule has 0 spiro atoms. The van der Waals surface area contributed by atoms with E-state index in [0.717, 1.165) is 27.5 Å². The average Bonchev–Trinajstić information content (AvgIpc) is 2.83. The van der Waals surface area contributed by atoms with Crippen molar-refractivity contribution in [3.05, 3.63) is 18.2 Å². The lowest BCUT2D eigenvalue weighted by atomic mass is 10.1. The van der Waals surface area contributed by atoms with Gasteiger partial charge in [-0.3, -0.25) is 4.79 Å². The van der Waals surface area contributed by atoms with Crippen LogP contribution in [0.5, 0.6) is 5.75 Å². The van der Waals surface area contributed by atoms with Gasteiger partial charge in [0.2, 0.25) is 5.91 Å². The summed E-state index contributed by atoms with van der Waals surface area (Å²) < 4.78 is 6.61. The molecule has 2 N–H and O–H groups in total. The zero-order valence-electron chi connectivity index (χ0n) is 11.3. The summed E-state index contributed by atoms with van der Waals surface area (Å²) in [6.45, 7) is 3.30. The molecule has 1 saturated heterocycles. The van der Waals surface area contributed by atoms with Crippen LogP contribution in [0.3, 0.4) is 0 Å². The Morgan fingerprint density at radius 3 is 3.20 bits per heavy atom. The van der Waals surface area contributed by atoms with Crippen LogP contribution in [0.4, 0.5) is 5.13 Å². The van der Waals surface area contributed by atoms with Crippen LogP contribution in [-0.2, 0) is 4.79 Å². The van der Waals surface area contributed by atoms with Crippen molar-refractivity contribution < 1.29 is 9.53 Å². The van der Waals surface area contributed by atoms with E-state index in [2.05, 4.69) is 15.6 Å². The van der Waals surface area contributed by atoms with E-state index in [4.69, 9.17) is 4.74 Å². The van der Waals surface area contributed by atoms with Crippen molar-refractivity contribution >= 4 is 32.6 Å². The SMILES string of the molecule is CCOc1ccc2nc(NC3CCC(=O)NC3)sc2c1. The number of carbonyl (C=O) groups excluding carboxylic acids is 1. The third-order valence-electron chi connectivity index (χ3n) is 3.26. The average molecular weight is 291 g/mol. The number of piperidine rings is 1. The van der Waals surface area contributed by atoms with Gasteiger partial charge in [-0.1, -0.05) is 11.3 Å². The second kappa shape index (κ2) is 5.66. The molecule has 3 rings (SSSR count). The van der Waals surface area contributed by atoms with E-state index in [1.807, 2.05) is 25.1 Å². The summed E-state index contributed by atoms with van der Waals surface area (Å²) in [5, 5.41) is 7.16. The first-order valence-corrected chi connectivity index (χ1v) is 7.63. The molecule has 0 bridgehead atoms. The van der Waals surface area contributed by atoms with Crippen LogP contribution in [-0.4, -0.2) is 30.1 Å². The van der Waals surface area contributed by atoms with Crippen LogP contribution in [0.15, 0.2) is 18.2 Å². The van der Waals surface area contributed by atoms with Crippen LogP contribution < -0.4 is 15.4 Å². The van der Waals surface area contributed by atoms with Crippen molar-refractivity contribution in [3.63, 3.8) is 0 Å². The molecule has 1 aliphatic heterocycles. The van der Waals surface area contributed by atoms with Gasteiger partial charge in [0.1, 0.15) is 5.75 Å². The lowest BCUT2D eigenvalue weighted by molar-refractivity contribution is -0.122. The number of rotatable bonds is 4. The molecule has 20 heavy (non-hydrogen) atoms. The number of carbonyl (C=O) groups is 1. The maximum absolute atomic E-state index is 11.1. The molecule has 1 aromatic heterocycles. The van der Waals surface area contributed by atoms with Crippen LogP contribution >= 0.6 is 11.3 Å². The smallest absolute Gasteiger partial charge is 0.220 e. The van der Waals surface area contributed by atoms with Gasteiger partial charge in [-0.2, -0.15) is 0 Å². The van der Waals surface area contributed by atoms with E-state index in [1.165, 1.54) is 0 Å². The van der Waals surface area contributed by atoms with Gasteiger partial charge in [-0.15, -0.1) is 0 Å². The number of thiazole rings is 1. The first-order valence-electron chi connectivity index (χ1n) is 6.81. The fraction of sp³-hybridized carbons (Fsp3) is 0.429. The first kappa shape index (κ1) is 13.2. The maximum atomic E-state index is 11.1. The number of aromatic nitrogens is 1. The summed E-state index contributed by atoms with van der Waals surface area (Å²) >= 11 is 1.62. The van der Waals surface area contributed by atoms with Crippen LogP contribution in [0.2, 0.25) is 0 Å². The van der Waals surface area contributed by atoms with E-state index in [9.17, 15) is 4.79 Å². The van der Waals surface area contributed by atoms with Gasteiger partial charge in [0.15, 0.2) is 5.13 Å². The topological polar surface area (TPSA) is 63.2 Å². The highest BCUT2D eigenvalue weighted by Crippen LogP contribution is 2.30. The van der Waals surface area contributed by atoms with Crippen LogP contribution in [0, 0.1) is 0 Å². The zero-order valence-corrected chi connectivity index (χ0v) is 12.1. The predicted molar refractivity (Wildman–Crippen MR) is 80.4 cm³/mol. The normalized spacial score (nSPS) is 18.9. The Kier molecular flexibility index (Phi) is 3.73. The molecule has 2 aromatic rings. The molecule has 106 valence electrons. The van der Waals surface area contributed by atoms with Crippen LogP contribution in [0.1, 0.15) is 19.8 Å². The number of ether oxygens (including phenoxy) is 1. The van der Waals surface area contributed by atoms with Crippen molar-refractivity contribution in [2.45, 2.75) is 25.8 Å². The number of fused-ring (bicyclic) bond motifs is 1. The van der Waals surface area contributed by atoms with E-state index in [0.29, 0.717) is 19.6 Å². The van der Waals surface area contributed by atoms with Gasteiger partial charge in [0, 0.05) is 19.0 Å². The van der Waals surface area contributed by atoms with Gasteiger partial charge in [-0.05, 0) is 31.5 Å². The highest BCUT2D eigenvalue weighted by molar-refractivity contribution is 7.22. The molecule has 2 heterocycles. The van der Waals surface area contributed by atoms with Crippen molar-refractivity contribution in [1.29, 1.82) is 0 Å². The predicted octanol–water partition coefficient (Wildman–Crippen LogP) is 2.39. The minimum atomic E-state index is 0.133. The highest BCUT2D eigenvalue weighted by atomic mass is 32.1. The highest BCUT2D eigenvalue weighted by Gasteiger charge is 2.18. The largest absolute Gasteiger partial charge is 0.494 e. The van der Waals surface area contributed by atoms with Crippen molar-refractivity contribution in [2.75, 3.05) is 18.5 Å². The lowest BCUT2D eigenvalue weighted by Crippen LogP contribution is -2.41. The molecule has 0 saturated carbocycles. The summed E-state index contributed by atoms with van der Waals surface area (Å²) in [7, 11) is 0. The van der Waals surface area contributed by atoms with Gasteiger partial charge in [0.05, 0.1) is 16.8 Å². The second-order valence-corrected chi connectivity index (χ2v) is 5.80. The van der Waals surface area contributed by atoms with E-state index in [1.54, 1.807) is 11.3 Å². The Morgan fingerprint density at radius 1 is 1.55 bits per heavy atom. The molecule has 1 unspecified atom stereocenters. The molecule has 1 aliphatic rings. The molecule has 0 aliphatic carbocycles. The molecule has 1 atom stereocenters. The van der Waals surface area contributed by atoms with Gasteiger partial charge >= 0.3 is 0 Å². The lowest BCUT2D eigenvalue weighted by Gasteiger charge is -2.22. The quantitative estimate of drug-likeness (QED) is 0.908.